The molecule has 0 radical (unpaired) electrons. The normalized spacial score (nSPS) is 14.9. The predicted octanol–water partition coefficient (Wildman–Crippen LogP) is 1.86. The molecular weight excluding hydrogens is 174 g/mol. The Morgan fingerprint density at radius 1 is 1.43 bits per heavy atom. The summed E-state index contributed by atoms with van der Waals surface area (Å²) < 4.78 is 0. The maximum absolute atomic E-state index is 5.86. The standard InChI is InChI=1S/C11H15N3/c1-2-7-14-8-9-5-3-4-6-10(9)13-11(14)12/h3-6H,2,7-8H2,1H3,(H2,12,13). The molecule has 1 aliphatic heterocycles. The Morgan fingerprint density at radius 3 is 3.00 bits per heavy atom. The molecule has 0 unspecified atom stereocenters. The van der Waals surface area contributed by atoms with Crippen LogP contribution < -0.4 is 5.73 Å². The Kier molecular flexibility index (Phi) is 2.39. The summed E-state index contributed by atoms with van der Waals surface area (Å²) in [5.41, 5.74) is 8.13. The van der Waals surface area contributed by atoms with Gasteiger partial charge in [-0.1, -0.05) is 25.1 Å². The second-order valence-corrected chi connectivity index (χ2v) is 3.52. The minimum absolute atomic E-state index is 0.644. The zero-order chi connectivity index (χ0) is 9.97. The molecule has 1 aromatic rings. The molecule has 0 bridgehead atoms. The number of aliphatic imine (C=N–C) groups is 1. The molecule has 1 aromatic carbocycles. The number of para-hydroxylation sites is 1. The third-order valence-electron chi connectivity index (χ3n) is 2.41. The average molecular weight is 189 g/mol. The largest absolute Gasteiger partial charge is 0.369 e. The van der Waals surface area contributed by atoms with Gasteiger partial charge in [0.1, 0.15) is 0 Å². The van der Waals surface area contributed by atoms with Crippen LogP contribution in [0.4, 0.5) is 5.69 Å². The predicted molar refractivity (Wildman–Crippen MR) is 58.4 cm³/mol. The van der Waals surface area contributed by atoms with E-state index in [0.717, 1.165) is 25.2 Å². The van der Waals surface area contributed by atoms with E-state index in [9.17, 15) is 0 Å². The topological polar surface area (TPSA) is 41.6 Å². The first-order valence-electron chi connectivity index (χ1n) is 4.98. The highest BCUT2D eigenvalue weighted by molar-refractivity contribution is 5.83. The molecule has 3 nitrogen and oxygen atoms in total. The van der Waals surface area contributed by atoms with Crippen molar-refractivity contribution in [3.63, 3.8) is 0 Å². The summed E-state index contributed by atoms with van der Waals surface area (Å²) in [5.74, 6) is 0.644. The Hall–Kier alpha value is -1.51. The van der Waals surface area contributed by atoms with E-state index in [-0.39, 0.29) is 0 Å². The molecule has 1 aliphatic rings. The van der Waals surface area contributed by atoms with E-state index in [1.54, 1.807) is 0 Å². The van der Waals surface area contributed by atoms with Crippen LogP contribution in [-0.4, -0.2) is 17.4 Å². The van der Waals surface area contributed by atoms with Crippen LogP contribution in [0.5, 0.6) is 0 Å². The Morgan fingerprint density at radius 2 is 2.21 bits per heavy atom. The van der Waals surface area contributed by atoms with Gasteiger partial charge in [-0.2, -0.15) is 0 Å². The van der Waals surface area contributed by atoms with Gasteiger partial charge in [0.15, 0.2) is 5.96 Å². The molecule has 0 amide bonds. The molecule has 0 aliphatic carbocycles. The smallest absolute Gasteiger partial charge is 0.196 e. The van der Waals surface area contributed by atoms with Gasteiger partial charge in [-0.15, -0.1) is 0 Å². The Bertz CT molecular complexity index is 357. The SMILES string of the molecule is CCCN1Cc2ccccc2N=C1N. The van der Waals surface area contributed by atoms with Crippen molar-refractivity contribution >= 4 is 11.6 Å². The van der Waals surface area contributed by atoms with E-state index in [1.807, 2.05) is 18.2 Å². The molecule has 0 saturated carbocycles. The third kappa shape index (κ3) is 1.58. The Balaban J connectivity index is 2.29. The zero-order valence-electron chi connectivity index (χ0n) is 8.40. The van der Waals surface area contributed by atoms with Crippen LogP contribution in [-0.2, 0) is 6.54 Å². The molecule has 74 valence electrons. The quantitative estimate of drug-likeness (QED) is 0.771. The lowest BCUT2D eigenvalue weighted by Crippen LogP contribution is -2.39. The van der Waals surface area contributed by atoms with Gasteiger partial charge in [0.25, 0.3) is 0 Å². The number of rotatable bonds is 2. The van der Waals surface area contributed by atoms with E-state index >= 15 is 0 Å². The van der Waals surface area contributed by atoms with Crippen LogP contribution in [0.1, 0.15) is 18.9 Å². The highest BCUT2D eigenvalue weighted by Gasteiger charge is 2.15. The number of nitrogens with two attached hydrogens (primary N) is 1. The van der Waals surface area contributed by atoms with E-state index < -0.39 is 0 Å². The van der Waals surface area contributed by atoms with Gasteiger partial charge >= 0.3 is 0 Å². The van der Waals surface area contributed by atoms with E-state index in [4.69, 9.17) is 5.73 Å². The van der Waals surface area contributed by atoms with Gasteiger partial charge in [0.2, 0.25) is 0 Å². The van der Waals surface area contributed by atoms with Gasteiger partial charge < -0.3 is 10.6 Å². The van der Waals surface area contributed by atoms with Crippen LogP contribution in [0.15, 0.2) is 29.3 Å². The van der Waals surface area contributed by atoms with Gasteiger partial charge in [-0.3, -0.25) is 0 Å². The fourth-order valence-corrected chi connectivity index (χ4v) is 1.70. The number of guanidine groups is 1. The second kappa shape index (κ2) is 3.70. The highest BCUT2D eigenvalue weighted by atomic mass is 15.3. The highest BCUT2D eigenvalue weighted by Crippen LogP contribution is 2.24. The van der Waals surface area contributed by atoms with Gasteiger partial charge in [-0.05, 0) is 18.1 Å². The fraction of sp³-hybridized carbons (Fsp3) is 0.364. The third-order valence-corrected chi connectivity index (χ3v) is 2.41. The molecule has 2 N–H and O–H groups in total. The van der Waals surface area contributed by atoms with Gasteiger partial charge in [-0.25, -0.2) is 4.99 Å². The van der Waals surface area contributed by atoms with Crippen molar-refractivity contribution in [2.45, 2.75) is 19.9 Å². The van der Waals surface area contributed by atoms with Crippen LogP contribution in [0.3, 0.4) is 0 Å². The summed E-state index contributed by atoms with van der Waals surface area (Å²) in [6.45, 7) is 4.01. The molecule has 0 spiro atoms. The van der Waals surface area contributed by atoms with Crippen molar-refractivity contribution in [2.75, 3.05) is 6.54 Å². The van der Waals surface area contributed by atoms with Crippen LogP contribution in [0.2, 0.25) is 0 Å². The van der Waals surface area contributed by atoms with Crippen molar-refractivity contribution < 1.29 is 0 Å². The summed E-state index contributed by atoms with van der Waals surface area (Å²) in [7, 11) is 0. The molecule has 0 aromatic heterocycles. The van der Waals surface area contributed by atoms with Crippen molar-refractivity contribution in [2.24, 2.45) is 10.7 Å². The first kappa shape index (κ1) is 9.06. The molecule has 0 saturated heterocycles. The lowest BCUT2D eigenvalue weighted by Gasteiger charge is -2.27. The maximum Gasteiger partial charge on any atom is 0.196 e. The second-order valence-electron chi connectivity index (χ2n) is 3.52. The van der Waals surface area contributed by atoms with Crippen molar-refractivity contribution in [3.8, 4) is 0 Å². The Labute approximate surface area is 84.2 Å². The molecule has 14 heavy (non-hydrogen) atoms. The molecule has 1 heterocycles. The summed E-state index contributed by atoms with van der Waals surface area (Å²) >= 11 is 0. The maximum atomic E-state index is 5.86. The lowest BCUT2D eigenvalue weighted by molar-refractivity contribution is 0.402. The fourth-order valence-electron chi connectivity index (χ4n) is 1.70. The minimum atomic E-state index is 0.644. The minimum Gasteiger partial charge on any atom is -0.369 e. The first-order chi connectivity index (χ1) is 6.81. The molecular formula is C11H15N3. The molecule has 3 heteroatoms. The van der Waals surface area contributed by atoms with Gasteiger partial charge in [0, 0.05) is 13.1 Å². The first-order valence-corrected chi connectivity index (χ1v) is 4.98. The molecule has 0 atom stereocenters. The van der Waals surface area contributed by atoms with Gasteiger partial charge in [0.05, 0.1) is 5.69 Å². The number of fused-ring (bicyclic) bond motifs is 1. The summed E-state index contributed by atoms with van der Waals surface area (Å²) in [4.78, 5) is 6.48. The zero-order valence-corrected chi connectivity index (χ0v) is 8.40. The molecule has 0 fully saturated rings. The van der Waals surface area contributed by atoms with Crippen molar-refractivity contribution in [1.82, 2.24) is 4.90 Å². The van der Waals surface area contributed by atoms with Crippen molar-refractivity contribution in [3.05, 3.63) is 29.8 Å². The molecule has 2 rings (SSSR count). The summed E-state index contributed by atoms with van der Waals surface area (Å²) in [6, 6.07) is 8.14. The monoisotopic (exact) mass is 189 g/mol. The van der Waals surface area contributed by atoms with E-state index in [2.05, 4.69) is 22.9 Å². The van der Waals surface area contributed by atoms with E-state index in [1.165, 1.54) is 5.56 Å². The van der Waals surface area contributed by atoms with E-state index in [0.29, 0.717) is 5.96 Å². The summed E-state index contributed by atoms with van der Waals surface area (Å²) in [5, 5.41) is 0. The number of hydrogen-bond acceptors (Lipinski definition) is 3. The lowest BCUT2D eigenvalue weighted by atomic mass is 10.1. The number of nitrogens with zero attached hydrogens (tertiary/aromatic N) is 2. The van der Waals surface area contributed by atoms with Crippen LogP contribution >= 0.6 is 0 Å². The van der Waals surface area contributed by atoms with Crippen LogP contribution in [0.25, 0.3) is 0 Å². The van der Waals surface area contributed by atoms with Crippen LogP contribution in [0, 0.1) is 0 Å². The number of benzene rings is 1. The number of hydrogen-bond donors (Lipinski definition) is 1. The summed E-state index contributed by atoms with van der Waals surface area (Å²) in [6.07, 6.45) is 1.10. The van der Waals surface area contributed by atoms with Crippen molar-refractivity contribution in [1.29, 1.82) is 0 Å². The average Bonchev–Trinajstić information content (AvgIpc) is 2.19.